The number of anilines is 1. The molecule has 0 saturated carbocycles. The van der Waals surface area contributed by atoms with Crippen LogP contribution < -0.4 is 5.32 Å². The first kappa shape index (κ1) is 15.2. The van der Waals surface area contributed by atoms with E-state index in [4.69, 9.17) is 0 Å². The van der Waals surface area contributed by atoms with Gasteiger partial charge in [-0.15, -0.1) is 0 Å². The number of hydrogen-bond donors (Lipinski definition) is 1. The molecule has 118 valence electrons. The van der Waals surface area contributed by atoms with Gasteiger partial charge in [0.2, 0.25) is 5.91 Å². The normalized spacial score (nSPS) is 10.8. The molecule has 0 aliphatic heterocycles. The maximum absolute atomic E-state index is 12.0. The van der Waals surface area contributed by atoms with Crippen LogP contribution in [0.1, 0.15) is 25.5 Å². The summed E-state index contributed by atoms with van der Waals surface area (Å²) < 4.78 is 1.89. The molecule has 2 heterocycles. The monoisotopic (exact) mass is 308 g/mol. The van der Waals surface area contributed by atoms with Gasteiger partial charge in [0, 0.05) is 42.1 Å². The van der Waals surface area contributed by atoms with Gasteiger partial charge in [0.05, 0.1) is 5.52 Å². The number of nitrogens with zero attached hydrogens (tertiary/aromatic N) is 3. The first-order valence-electron chi connectivity index (χ1n) is 7.91. The smallest absolute Gasteiger partial charge is 0.224 e. The summed E-state index contributed by atoms with van der Waals surface area (Å²) in [6.45, 7) is 2.89. The van der Waals surface area contributed by atoms with Crippen molar-refractivity contribution >= 4 is 22.5 Å². The van der Waals surface area contributed by atoms with Crippen LogP contribution in [0.3, 0.4) is 0 Å². The third kappa shape index (κ3) is 3.94. The highest BCUT2D eigenvalue weighted by Gasteiger charge is 2.05. The number of aromatic nitrogens is 3. The largest absolute Gasteiger partial charge is 0.326 e. The van der Waals surface area contributed by atoms with Gasteiger partial charge in [-0.1, -0.05) is 6.07 Å². The predicted octanol–water partition coefficient (Wildman–Crippen LogP) is 3.41. The first-order chi connectivity index (χ1) is 11.2. The van der Waals surface area contributed by atoms with E-state index >= 15 is 0 Å². The van der Waals surface area contributed by atoms with Crippen LogP contribution in [0, 0.1) is 0 Å². The van der Waals surface area contributed by atoms with Crippen LogP contribution >= 0.6 is 0 Å². The number of pyridine rings is 1. The molecule has 5 heteroatoms. The summed E-state index contributed by atoms with van der Waals surface area (Å²) in [5.74, 6) is 0.0233. The summed E-state index contributed by atoms with van der Waals surface area (Å²) >= 11 is 0. The van der Waals surface area contributed by atoms with E-state index < -0.39 is 0 Å². The summed E-state index contributed by atoms with van der Waals surface area (Å²) in [6, 6.07) is 11.7. The van der Waals surface area contributed by atoms with E-state index in [0.717, 1.165) is 41.7 Å². The highest BCUT2D eigenvalue weighted by atomic mass is 16.1. The SMILES string of the molecule is CCn1cc2ccc(NC(=O)CCCc3ccccn3)cc2n1. The van der Waals surface area contributed by atoms with Crippen molar-refractivity contribution in [2.24, 2.45) is 0 Å². The number of nitrogens with one attached hydrogen (secondary N) is 1. The third-order valence-corrected chi connectivity index (χ3v) is 3.73. The minimum absolute atomic E-state index is 0.0233. The molecule has 3 rings (SSSR count). The molecule has 1 N–H and O–H groups in total. The zero-order chi connectivity index (χ0) is 16.1. The van der Waals surface area contributed by atoms with Crippen LogP contribution in [0.2, 0.25) is 0 Å². The molecule has 0 aliphatic rings. The lowest BCUT2D eigenvalue weighted by molar-refractivity contribution is -0.116. The van der Waals surface area contributed by atoms with Crippen LogP contribution in [-0.4, -0.2) is 20.7 Å². The number of fused-ring (bicyclic) bond motifs is 1. The molecule has 5 nitrogen and oxygen atoms in total. The van der Waals surface area contributed by atoms with Crippen molar-refractivity contribution in [1.29, 1.82) is 0 Å². The molecule has 0 bridgehead atoms. The van der Waals surface area contributed by atoms with Gasteiger partial charge in [-0.2, -0.15) is 5.10 Å². The molecule has 0 fully saturated rings. The highest BCUT2D eigenvalue weighted by molar-refractivity contribution is 5.93. The Kier molecular flexibility index (Phi) is 4.66. The fourth-order valence-corrected chi connectivity index (χ4v) is 2.51. The van der Waals surface area contributed by atoms with E-state index in [0.29, 0.717) is 6.42 Å². The Morgan fingerprint density at radius 2 is 2.17 bits per heavy atom. The van der Waals surface area contributed by atoms with E-state index in [-0.39, 0.29) is 5.91 Å². The topological polar surface area (TPSA) is 59.8 Å². The quantitative estimate of drug-likeness (QED) is 0.759. The van der Waals surface area contributed by atoms with Crippen LogP contribution in [0.15, 0.2) is 48.8 Å². The van der Waals surface area contributed by atoms with Crippen molar-refractivity contribution in [2.75, 3.05) is 5.32 Å². The molecule has 0 unspecified atom stereocenters. The lowest BCUT2D eigenvalue weighted by atomic mass is 10.1. The van der Waals surface area contributed by atoms with E-state index in [1.807, 2.05) is 47.3 Å². The summed E-state index contributed by atoms with van der Waals surface area (Å²) in [4.78, 5) is 16.3. The Bertz CT molecular complexity index is 795. The summed E-state index contributed by atoms with van der Waals surface area (Å²) in [6.07, 6.45) is 5.87. The van der Waals surface area contributed by atoms with Crippen molar-refractivity contribution in [3.05, 3.63) is 54.5 Å². The molecule has 0 aliphatic carbocycles. The zero-order valence-electron chi connectivity index (χ0n) is 13.2. The van der Waals surface area contributed by atoms with Crippen LogP contribution in [0.25, 0.3) is 10.9 Å². The predicted molar refractivity (Wildman–Crippen MR) is 91.2 cm³/mol. The third-order valence-electron chi connectivity index (χ3n) is 3.73. The average Bonchev–Trinajstić information content (AvgIpc) is 2.98. The Morgan fingerprint density at radius 3 is 2.96 bits per heavy atom. The number of aryl methyl sites for hydroxylation is 2. The van der Waals surface area contributed by atoms with Crippen molar-refractivity contribution in [1.82, 2.24) is 14.8 Å². The fourth-order valence-electron chi connectivity index (χ4n) is 2.51. The highest BCUT2D eigenvalue weighted by Crippen LogP contribution is 2.18. The van der Waals surface area contributed by atoms with E-state index in [1.165, 1.54) is 0 Å². The number of hydrogen-bond acceptors (Lipinski definition) is 3. The number of benzene rings is 1. The van der Waals surface area contributed by atoms with Gasteiger partial charge in [-0.05, 0) is 50.1 Å². The van der Waals surface area contributed by atoms with Crippen molar-refractivity contribution in [2.45, 2.75) is 32.7 Å². The Labute approximate surface area is 135 Å². The lowest BCUT2D eigenvalue weighted by Crippen LogP contribution is -2.11. The molecule has 1 aromatic carbocycles. The fraction of sp³-hybridized carbons (Fsp3) is 0.278. The van der Waals surface area contributed by atoms with Gasteiger partial charge in [0.25, 0.3) is 0 Å². The number of amides is 1. The van der Waals surface area contributed by atoms with E-state index in [2.05, 4.69) is 22.3 Å². The van der Waals surface area contributed by atoms with Gasteiger partial charge in [0.1, 0.15) is 0 Å². The first-order valence-corrected chi connectivity index (χ1v) is 7.91. The van der Waals surface area contributed by atoms with Crippen LogP contribution in [0.4, 0.5) is 5.69 Å². The Hall–Kier alpha value is -2.69. The van der Waals surface area contributed by atoms with Gasteiger partial charge in [-0.25, -0.2) is 0 Å². The Balaban J connectivity index is 1.55. The van der Waals surface area contributed by atoms with Crippen molar-refractivity contribution < 1.29 is 4.79 Å². The minimum atomic E-state index is 0.0233. The maximum atomic E-state index is 12.0. The van der Waals surface area contributed by atoms with Crippen molar-refractivity contribution in [3.63, 3.8) is 0 Å². The second-order valence-electron chi connectivity index (χ2n) is 5.48. The van der Waals surface area contributed by atoms with Crippen molar-refractivity contribution in [3.8, 4) is 0 Å². The second kappa shape index (κ2) is 7.05. The van der Waals surface area contributed by atoms with E-state index in [1.54, 1.807) is 6.20 Å². The molecule has 0 atom stereocenters. The lowest BCUT2D eigenvalue weighted by Gasteiger charge is -2.05. The van der Waals surface area contributed by atoms with Crippen LogP contribution in [-0.2, 0) is 17.8 Å². The minimum Gasteiger partial charge on any atom is -0.326 e. The molecule has 23 heavy (non-hydrogen) atoms. The van der Waals surface area contributed by atoms with Gasteiger partial charge < -0.3 is 5.32 Å². The standard InChI is InChI=1S/C18H20N4O/c1-2-22-13-14-9-10-16(12-17(14)21-22)20-18(23)8-5-7-15-6-3-4-11-19-15/h3-4,6,9-13H,2,5,7-8H2,1H3,(H,20,23). The molecule has 1 amide bonds. The summed E-state index contributed by atoms with van der Waals surface area (Å²) in [5, 5.41) is 8.48. The molecular weight excluding hydrogens is 288 g/mol. The van der Waals surface area contributed by atoms with Gasteiger partial charge in [-0.3, -0.25) is 14.5 Å². The molecular formula is C18H20N4O. The molecule has 3 aromatic rings. The van der Waals surface area contributed by atoms with Gasteiger partial charge in [0.15, 0.2) is 0 Å². The van der Waals surface area contributed by atoms with Gasteiger partial charge >= 0.3 is 0 Å². The van der Waals surface area contributed by atoms with E-state index in [9.17, 15) is 4.79 Å². The summed E-state index contributed by atoms with van der Waals surface area (Å²) in [7, 11) is 0. The number of carbonyl (C=O) groups is 1. The number of rotatable bonds is 6. The molecule has 0 spiro atoms. The molecule has 0 saturated heterocycles. The second-order valence-corrected chi connectivity index (χ2v) is 5.48. The maximum Gasteiger partial charge on any atom is 0.224 e. The zero-order valence-corrected chi connectivity index (χ0v) is 13.2. The van der Waals surface area contributed by atoms with Crippen LogP contribution in [0.5, 0.6) is 0 Å². The average molecular weight is 308 g/mol. The molecule has 2 aromatic heterocycles. The summed E-state index contributed by atoms with van der Waals surface area (Å²) in [5.41, 5.74) is 2.71. The number of carbonyl (C=O) groups excluding carboxylic acids is 1. The molecule has 0 radical (unpaired) electrons. The Morgan fingerprint density at radius 1 is 1.26 bits per heavy atom.